The Morgan fingerprint density at radius 1 is 1.38 bits per heavy atom. The van der Waals surface area contributed by atoms with Gasteiger partial charge < -0.3 is 9.30 Å². The number of rotatable bonds is 7. The summed E-state index contributed by atoms with van der Waals surface area (Å²) >= 11 is 1.32. The number of aromatic nitrogens is 3. The van der Waals surface area contributed by atoms with Gasteiger partial charge in [-0.05, 0) is 5.56 Å². The van der Waals surface area contributed by atoms with E-state index in [9.17, 15) is 4.79 Å². The van der Waals surface area contributed by atoms with E-state index in [1.54, 1.807) is 6.08 Å². The highest BCUT2D eigenvalue weighted by Gasteiger charge is 2.13. The van der Waals surface area contributed by atoms with E-state index in [4.69, 9.17) is 0 Å². The Hall–Kier alpha value is -2.08. The number of hydrogen-bond donors (Lipinski definition) is 0. The first-order valence-electron chi connectivity index (χ1n) is 6.51. The smallest absolute Gasteiger partial charge is 0.316 e. The summed E-state index contributed by atoms with van der Waals surface area (Å²) in [5.41, 5.74) is 1.17. The van der Waals surface area contributed by atoms with Crippen LogP contribution >= 0.6 is 11.8 Å². The molecule has 0 saturated heterocycles. The van der Waals surface area contributed by atoms with Crippen LogP contribution in [0.3, 0.4) is 0 Å². The van der Waals surface area contributed by atoms with Crippen molar-refractivity contribution in [3.05, 3.63) is 54.4 Å². The van der Waals surface area contributed by atoms with Crippen LogP contribution in [0, 0.1) is 0 Å². The molecule has 21 heavy (non-hydrogen) atoms. The Bertz CT molecular complexity index is 611. The van der Waals surface area contributed by atoms with Gasteiger partial charge in [0, 0.05) is 13.0 Å². The predicted octanol–water partition coefficient (Wildman–Crippen LogP) is 2.32. The molecule has 2 aromatic rings. The number of esters is 1. The van der Waals surface area contributed by atoms with Crippen LogP contribution in [0.1, 0.15) is 11.4 Å². The van der Waals surface area contributed by atoms with Gasteiger partial charge in [-0.2, -0.15) is 0 Å². The van der Waals surface area contributed by atoms with Gasteiger partial charge in [0.1, 0.15) is 5.82 Å². The third-order valence-electron chi connectivity index (χ3n) is 2.86. The van der Waals surface area contributed by atoms with Crippen molar-refractivity contribution in [3.8, 4) is 0 Å². The fourth-order valence-corrected chi connectivity index (χ4v) is 2.63. The normalized spacial score (nSPS) is 10.3. The number of carbonyl (C=O) groups is 1. The Labute approximate surface area is 128 Å². The summed E-state index contributed by atoms with van der Waals surface area (Å²) in [6.45, 7) is 4.37. The van der Waals surface area contributed by atoms with Crippen molar-refractivity contribution in [2.75, 3.05) is 12.9 Å². The molecule has 6 heteroatoms. The molecule has 0 aliphatic heterocycles. The highest BCUT2D eigenvalue weighted by atomic mass is 32.2. The molecule has 0 atom stereocenters. The number of allylic oxidation sites excluding steroid dienone is 1. The summed E-state index contributed by atoms with van der Waals surface area (Å²) in [6.07, 6.45) is 2.49. The standard InChI is InChI=1S/C15H17N3O2S/c1-3-9-18-13(10-12-7-5-4-6-8-12)16-17-15(18)21-11-14(19)20-2/h3-8H,1,9-11H2,2H3. The average Bonchev–Trinajstić information content (AvgIpc) is 2.88. The maximum Gasteiger partial charge on any atom is 0.316 e. The van der Waals surface area contributed by atoms with E-state index in [1.807, 2.05) is 34.9 Å². The average molecular weight is 303 g/mol. The summed E-state index contributed by atoms with van der Waals surface area (Å²) in [5, 5.41) is 9.08. The number of carbonyl (C=O) groups excluding carboxylic acids is 1. The van der Waals surface area contributed by atoms with Gasteiger partial charge in [0.25, 0.3) is 0 Å². The molecule has 0 saturated carbocycles. The summed E-state index contributed by atoms with van der Waals surface area (Å²) < 4.78 is 6.60. The van der Waals surface area contributed by atoms with Crippen LogP contribution in [0.2, 0.25) is 0 Å². The summed E-state index contributed by atoms with van der Waals surface area (Å²) in [4.78, 5) is 11.2. The lowest BCUT2D eigenvalue weighted by Gasteiger charge is -2.07. The van der Waals surface area contributed by atoms with Crippen molar-refractivity contribution >= 4 is 17.7 Å². The maximum atomic E-state index is 11.2. The minimum absolute atomic E-state index is 0.219. The number of hydrogen-bond acceptors (Lipinski definition) is 5. The molecule has 5 nitrogen and oxygen atoms in total. The van der Waals surface area contributed by atoms with Crippen LogP contribution < -0.4 is 0 Å². The van der Waals surface area contributed by atoms with Crippen LogP contribution in [0.5, 0.6) is 0 Å². The van der Waals surface area contributed by atoms with E-state index in [2.05, 4.69) is 21.5 Å². The van der Waals surface area contributed by atoms with E-state index in [0.717, 1.165) is 5.82 Å². The van der Waals surface area contributed by atoms with Crippen LogP contribution in [0.25, 0.3) is 0 Å². The number of ether oxygens (including phenoxy) is 1. The molecule has 1 aromatic heterocycles. The molecule has 0 N–H and O–H groups in total. The summed E-state index contributed by atoms with van der Waals surface area (Å²) in [7, 11) is 1.37. The van der Waals surface area contributed by atoms with Crippen LogP contribution in [-0.2, 0) is 22.5 Å². The highest BCUT2D eigenvalue weighted by Crippen LogP contribution is 2.19. The van der Waals surface area contributed by atoms with E-state index < -0.39 is 0 Å². The third-order valence-corrected chi connectivity index (χ3v) is 3.80. The van der Waals surface area contributed by atoms with E-state index in [-0.39, 0.29) is 11.7 Å². The highest BCUT2D eigenvalue weighted by molar-refractivity contribution is 7.99. The molecule has 0 aliphatic carbocycles. The molecule has 0 fully saturated rings. The zero-order chi connectivity index (χ0) is 15.1. The third kappa shape index (κ3) is 4.19. The number of thioether (sulfide) groups is 1. The Balaban J connectivity index is 2.16. The van der Waals surface area contributed by atoms with E-state index in [1.165, 1.54) is 24.4 Å². The Kier molecular flexibility index (Phi) is 5.57. The van der Waals surface area contributed by atoms with Crippen LogP contribution in [0.4, 0.5) is 0 Å². The zero-order valence-corrected chi connectivity index (χ0v) is 12.7. The van der Waals surface area contributed by atoms with Gasteiger partial charge in [0.2, 0.25) is 0 Å². The Morgan fingerprint density at radius 3 is 2.81 bits per heavy atom. The number of benzene rings is 1. The fraction of sp³-hybridized carbons (Fsp3) is 0.267. The van der Waals surface area contributed by atoms with Gasteiger partial charge in [0.15, 0.2) is 5.16 Å². The molecule has 110 valence electrons. The van der Waals surface area contributed by atoms with Gasteiger partial charge in [-0.25, -0.2) is 0 Å². The van der Waals surface area contributed by atoms with Gasteiger partial charge in [-0.15, -0.1) is 16.8 Å². The van der Waals surface area contributed by atoms with Crippen LogP contribution in [-0.4, -0.2) is 33.6 Å². The minimum Gasteiger partial charge on any atom is -0.468 e. The van der Waals surface area contributed by atoms with Crippen molar-refractivity contribution in [1.82, 2.24) is 14.8 Å². The predicted molar refractivity (Wildman–Crippen MR) is 82.2 cm³/mol. The Morgan fingerprint density at radius 2 is 2.14 bits per heavy atom. The molecule has 0 amide bonds. The number of methoxy groups -OCH3 is 1. The van der Waals surface area contributed by atoms with Crippen molar-refractivity contribution in [2.45, 2.75) is 18.1 Å². The minimum atomic E-state index is -0.280. The molecule has 0 radical (unpaired) electrons. The molecule has 0 aliphatic rings. The zero-order valence-electron chi connectivity index (χ0n) is 11.9. The molecule has 2 rings (SSSR count). The number of nitrogens with zero attached hydrogens (tertiary/aromatic N) is 3. The quantitative estimate of drug-likeness (QED) is 0.446. The van der Waals surface area contributed by atoms with Gasteiger partial charge in [-0.3, -0.25) is 4.79 Å². The van der Waals surface area contributed by atoms with Crippen molar-refractivity contribution in [3.63, 3.8) is 0 Å². The first-order valence-corrected chi connectivity index (χ1v) is 7.49. The lowest BCUT2D eigenvalue weighted by Crippen LogP contribution is -2.07. The second kappa shape index (κ2) is 7.64. The first-order chi connectivity index (χ1) is 10.2. The van der Waals surface area contributed by atoms with Crippen molar-refractivity contribution < 1.29 is 9.53 Å². The topological polar surface area (TPSA) is 57.0 Å². The van der Waals surface area contributed by atoms with E-state index in [0.29, 0.717) is 18.1 Å². The fourth-order valence-electron chi connectivity index (χ4n) is 1.83. The lowest BCUT2D eigenvalue weighted by molar-refractivity contribution is -0.137. The molecule has 1 aromatic carbocycles. The molecular weight excluding hydrogens is 286 g/mol. The van der Waals surface area contributed by atoms with Gasteiger partial charge in [0.05, 0.1) is 12.9 Å². The largest absolute Gasteiger partial charge is 0.468 e. The lowest BCUT2D eigenvalue weighted by atomic mass is 10.1. The summed E-state index contributed by atoms with van der Waals surface area (Å²) in [6, 6.07) is 10.1. The first kappa shape index (κ1) is 15.3. The molecular formula is C15H17N3O2S. The second-order valence-electron chi connectivity index (χ2n) is 4.33. The van der Waals surface area contributed by atoms with Crippen molar-refractivity contribution in [2.24, 2.45) is 0 Å². The molecule has 0 bridgehead atoms. The SMILES string of the molecule is C=CCn1c(Cc2ccccc2)nnc1SCC(=O)OC. The monoisotopic (exact) mass is 303 g/mol. The second-order valence-corrected chi connectivity index (χ2v) is 5.27. The summed E-state index contributed by atoms with van der Waals surface area (Å²) in [5.74, 6) is 0.795. The molecule has 1 heterocycles. The van der Waals surface area contributed by atoms with Crippen molar-refractivity contribution in [1.29, 1.82) is 0 Å². The van der Waals surface area contributed by atoms with Gasteiger partial charge >= 0.3 is 5.97 Å². The molecule has 0 spiro atoms. The maximum absolute atomic E-state index is 11.2. The van der Waals surface area contributed by atoms with Gasteiger partial charge in [-0.1, -0.05) is 48.2 Å². The van der Waals surface area contributed by atoms with Crippen LogP contribution in [0.15, 0.2) is 48.1 Å². The van der Waals surface area contributed by atoms with E-state index >= 15 is 0 Å². The molecule has 0 unspecified atom stereocenters.